The van der Waals surface area contributed by atoms with Gasteiger partial charge in [0.15, 0.2) is 0 Å². The van der Waals surface area contributed by atoms with Gasteiger partial charge >= 0.3 is 18.0 Å². The van der Waals surface area contributed by atoms with E-state index in [1.165, 1.54) is 0 Å². The van der Waals surface area contributed by atoms with Crippen LogP contribution in [0.1, 0.15) is 32.1 Å². The Hall–Kier alpha value is -1.44. The van der Waals surface area contributed by atoms with E-state index in [1.54, 1.807) is 11.8 Å². The summed E-state index contributed by atoms with van der Waals surface area (Å²) in [5, 5.41) is 22.9. The monoisotopic (exact) mass is 304 g/mol. The molecule has 20 heavy (non-hydrogen) atoms. The van der Waals surface area contributed by atoms with Crippen molar-refractivity contribution in [2.24, 2.45) is 0 Å². The molecule has 1 saturated carbocycles. The average molecular weight is 304 g/mol. The third kappa shape index (κ3) is 5.68. The molecular weight excluding hydrogens is 284 g/mol. The first-order chi connectivity index (χ1) is 9.42. The Bertz CT molecular complexity index is 377. The van der Waals surface area contributed by atoms with Crippen LogP contribution in [0.5, 0.6) is 0 Å². The van der Waals surface area contributed by atoms with Crippen molar-refractivity contribution in [1.82, 2.24) is 10.6 Å². The third-order valence-electron chi connectivity index (χ3n) is 3.28. The third-order valence-corrected chi connectivity index (χ3v) is 4.37. The maximum absolute atomic E-state index is 11.7. The molecule has 0 saturated heterocycles. The van der Waals surface area contributed by atoms with Gasteiger partial charge in [-0.3, -0.25) is 4.79 Å². The van der Waals surface area contributed by atoms with Gasteiger partial charge in [0.2, 0.25) is 0 Å². The van der Waals surface area contributed by atoms with Gasteiger partial charge in [-0.25, -0.2) is 9.59 Å². The lowest BCUT2D eigenvalue weighted by Crippen LogP contribution is -2.50. The van der Waals surface area contributed by atoms with Gasteiger partial charge in [0.25, 0.3) is 0 Å². The van der Waals surface area contributed by atoms with Crippen LogP contribution in [-0.2, 0) is 9.59 Å². The van der Waals surface area contributed by atoms with Gasteiger partial charge in [0, 0.05) is 11.3 Å². The first kappa shape index (κ1) is 16.6. The molecule has 0 bridgehead atoms. The molecule has 0 spiro atoms. The van der Waals surface area contributed by atoms with Crippen molar-refractivity contribution in [3.8, 4) is 0 Å². The Morgan fingerprint density at radius 1 is 1.30 bits per heavy atom. The van der Waals surface area contributed by atoms with Crippen molar-refractivity contribution in [2.75, 3.05) is 6.26 Å². The minimum Gasteiger partial charge on any atom is -0.481 e. The molecule has 2 amide bonds. The van der Waals surface area contributed by atoms with Crippen LogP contribution in [-0.4, -0.2) is 51.8 Å². The van der Waals surface area contributed by atoms with Crippen LogP contribution < -0.4 is 10.6 Å². The number of carboxylic acids is 2. The average Bonchev–Trinajstić information content (AvgIpc) is 2.37. The summed E-state index contributed by atoms with van der Waals surface area (Å²) in [5.74, 6) is -2.62. The lowest BCUT2D eigenvalue weighted by molar-refractivity contribution is -0.145. The molecule has 0 heterocycles. The lowest BCUT2D eigenvalue weighted by Gasteiger charge is -2.29. The number of carboxylic acid groups (broad SMARTS) is 2. The summed E-state index contributed by atoms with van der Waals surface area (Å²) in [6.07, 6.45) is 5.25. The van der Waals surface area contributed by atoms with Gasteiger partial charge in [-0.2, -0.15) is 11.8 Å². The van der Waals surface area contributed by atoms with Crippen LogP contribution in [0.4, 0.5) is 4.79 Å². The fraction of sp³-hybridized carbons (Fsp3) is 0.750. The second kappa shape index (κ2) is 7.98. The molecule has 0 aliphatic heterocycles. The van der Waals surface area contributed by atoms with E-state index in [0.717, 1.165) is 25.7 Å². The second-order valence-corrected chi connectivity index (χ2v) is 5.97. The van der Waals surface area contributed by atoms with E-state index in [2.05, 4.69) is 10.6 Å². The van der Waals surface area contributed by atoms with Crippen molar-refractivity contribution in [1.29, 1.82) is 0 Å². The number of thioether (sulfide) groups is 1. The van der Waals surface area contributed by atoms with E-state index >= 15 is 0 Å². The normalized spacial score (nSPS) is 23.6. The maximum Gasteiger partial charge on any atom is 0.326 e. The van der Waals surface area contributed by atoms with E-state index in [0.29, 0.717) is 5.25 Å². The Kier molecular flexibility index (Phi) is 6.63. The highest BCUT2D eigenvalue weighted by molar-refractivity contribution is 7.99. The van der Waals surface area contributed by atoms with Crippen LogP contribution in [0.3, 0.4) is 0 Å². The van der Waals surface area contributed by atoms with Crippen molar-refractivity contribution in [2.45, 2.75) is 49.4 Å². The number of nitrogens with one attached hydrogen (secondary N) is 2. The topological polar surface area (TPSA) is 116 Å². The van der Waals surface area contributed by atoms with Crippen LogP contribution in [0, 0.1) is 0 Å². The zero-order chi connectivity index (χ0) is 15.1. The predicted octanol–water partition coefficient (Wildman–Crippen LogP) is 0.888. The number of hydrogen-bond acceptors (Lipinski definition) is 4. The van der Waals surface area contributed by atoms with Gasteiger partial charge in [-0.05, 0) is 25.5 Å². The molecule has 8 heteroatoms. The molecule has 0 aromatic heterocycles. The number of carbonyl (C=O) groups is 3. The molecule has 0 aromatic carbocycles. The fourth-order valence-electron chi connectivity index (χ4n) is 2.25. The SMILES string of the molecule is CSC1CCCC(NC(=O)N[C@@H](CC(=O)O)C(=O)O)C1. The lowest BCUT2D eigenvalue weighted by atomic mass is 9.95. The fourth-order valence-corrected chi connectivity index (χ4v) is 3.08. The van der Waals surface area contributed by atoms with E-state index in [9.17, 15) is 14.4 Å². The number of hydrogen-bond donors (Lipinski definition) is 4. The highest BCUT2D eigenvalue weighted by atomic mass is 32.2. The molecular formula is C12H20N2O5S. The summed E-state index contributed by atoms with van der Waals surface area (Å²) in [7, 11) is 0. The zero-order valence-electron chi connectivity index (χ0n) is 11.3. The van der Waals surface area contributed by atoms with E-state index in [-0.39, 0.29) is 6.04 Å². The molecule has 114 valence electrons. The van der Waals surface area contributed by atoms with Gasteiger partial charge < -0.3 is 20.8 Å². The zero-order valence-corrected chi connectivity index (χ0v) is 12.1. The van der Waals surface area contributed by atoms with E-state index in [4.69, 9.17) is 10.2 Å². The number of aliphatic carboxylic acids is 2. The van der Waals surface area contributed by atoms with Gasteiger partial charge in [-0.1, -0.05) is 6.42 Å². The summed E-state index contributed by atoms with van der Waals surface area (Å²) >= 11 is 1.76. The van der Waals surface area contributed by atoms with E-state index in [1.807, 2.05) is 6.26 Å². The van der Waals surface area contributed by atoms with Gasteiger partial charge in [-0.15, -0.1) is 0 Å². The molecule has 4 N–H and O–H groups in total. The Morgan fingerprint density at radius 3 is 2.55 bits per heavy atom. The Morgan fingerprint density at radius 2 is 2.00 bits per heavy atom. The minimum absolute atomic E-state index is 0.0143. The maximum atomic E-state index is 11.7. The van der Waals surface area contributed by atoms with Gasteiger partial charge in [0.05, 0.1) is 6.42 Å². The highest BCUT2D eigenvalue weighted by Crippen LogP contribution is 2.26. The first-order valence-corrected chi connectivity index (χ1v) is 7.75. The number of urea groups is 1. The molecule has 1 aliphatic carbocycles. The van der Waals surface area contributed by atoms with Crippen LogP contribution in [0.15, 0.2) is 0 Å². The van der Waals surface area contributed by atoms with Crippen molar-refractivity contribution >= 4 is 29.7 Å². The van der Waals surface area contributed by atoms with Crippen LogP contribution in [0.25, 0.3) is 0 Å². The second-order valence-electron chi connectivity index (χ2n) is 4.83. The van der Waals surface area contributed by atoms with Crippen molar-refractivity contribution in [3.05, 3.63) is 0 Å². The summed E-state index contributed by atoms with van der Waals surface area (Å²) < 4.78 is 0. The van der Waals surface area contributed by atoms with Crippen molar-refractivity contribution in [3.63, 3.8) is 0 Å². The quantitative estimate of drug-likeness (QED) is 0.579. The molecule has 0 aromatic rings. The molecule has 2 unspecified atom stereocenters. The summed E-state index contributed by atoms with van der Waals surface area (Å²) in [5.41, 5.74) is 0. The van der Waals surface area contributed by atoms with Crippen molar-refractivity contribution < 1.29 is 24.6 Å². The number of amides is 2. The minimum atomic E-state index is -1.41. The molecule has 7 nitrogen and oxygen atoms in total. The molecule has 1 aliphatic rings. The van der Waals surface area contributed by atoms with Crippen LogP contribution >= 0.6 is 11.8 Å². The molecule has 0 radical (unpaired) electrons. The highest BCUT2D eigenvalue weighted by Gasteiger charge is 2.26. The van der Waals surface area contributed by atoms with Gasteiger partial charge in [0.1, 0.15) is 6.04 Å². The molecule has 1 fully saturated rings. The smallest absolute Gasteiger partial charge is 0.326 e. The first-order valence-electron chi connectivity index (χ1n) is 6.46. The predicted molar refractivity (Wildman–Crippen MR) is 74.9 cm³/mol. The standard InChI is InChI=1S/C12H20N2O5S/c1-20-8-4-2-3-7(5-8)13-12(19)14-9(11(17)18)6-10(15)16/h7-9H,2-6H2,1H3,(H,15,16)(H,17,18)(H2,13,14,19)/t7?,8?,9-/m0/s1. The number of carbonyl (C=O) groups excluding carboxylic acids is 1. The summed E-state index contributed by atoms with van der Waals surface area (Å²) in [6.45, 7) is 0. The number of rotatable bonds is 6. The summed E-state index contributed by atoms with van der Waals surface area (Å²) in [6, 6.07) is -2.02. The molecule has 1 rings (SSSR count). The Labute approximate surface area is 121 Å². The molecule has 3 atom stereocenters. The van der Waals surface area contributed by atoms with E-state index < -0.39 is 30.4 Å². The Balaban J connectivity index is 2.44. The summed E-state index contributed by atoms with van der Waals surface area (Å²) in [4.78, 5) is 33.1. The largest absolute Gasteiger partial charge is 0.481 e. The van der Waals surface area contributed by atoms with Crippen LogP contribution in [0.2, 0.25) is 0 Å².